The van der Waals surface area contributed by atoms with Crippen LogP contribution in [0.25, 0.3) is 0 Å². The zero-order valence-corrected chi connectivity index (χ0v) is 22.1. The van der Waals surface area contributed by atoms with E-state index in [-0.39, 0.29) is 11.8 Å². The van der Waals surface area contributed by atoms with Gasteiger partial charge in [0.15, 0.2) is 11.5 Å². The van der Waals surface area contributed by atoms with Gasteiger partial charge in [0.05, 0.1) is 21.3 Å². The first-order valence-corrected chi connectivity index (χ1v) is 12.7. The number of carbonyl (C=O) groups is 2. The van der Waals surface area contributed by atoms with Crippen LogP contribution < -0.4 is 24.8 Å². The Morgan fingerprint density at radius 3 is 2.11 bits per heavy atom. The lowest BCUT2D eigenvalue weighted by Crippen LogP contribution is -2.19. The van der Waals surface area contributed by atoms with Crippen LogP contribution in [-0.2, 0) is 4.79 Å². The lowest BCUT2D eigenvalue weighted by atomic mass is 10.1. The van der Waals surface area contributed by atoms with E-state index >= 15 is 0 Å². The van der Waals surface area contributed by atoms with Gasteiger partial charge in [-0.3, -0.25) is 9.59 Å². The van der Waals surface area contributed by atoms with Crippen LogP contribution in [0.5, 0.6) is 17.2 Å². The first-order chi connectivity index (χ1) is 18.5. The standard InChI is InChI=1S/C30H28N2O5S/c1-35-24-13-7-11-22(18-24)32-30(34)28(20-9-5-4-6-10-20)38-25-14-8-12-23(19-25)31-29(33)21-15-16-26(36-2)27(17-21)37-3/h4-19,28H,1-3H3,(H,31,33)(H,32,34). The van der Waals surface area contributed by atoms with Gasteiger partial charge < -0.3 is 24.8 Å². The van der Waals surface area contributed by atoms with Crippen molar-refractivity contribution in [3.8, 4) is 17.2 Å². The largest absolute Gasteiger partial charge is 0.497 e. The van der Waals surface area contributed by atoms with Gasteiger partial charge in [-0.05, 0) is 54.1 Å². The molecule has 0 fully saturated rings. The van der Waals surface area contributed by atoms with Crippen LogP contribution in [0.1, 0.15) is 21.2 Å². The van der Waals surface area contributed by atoms with E-state index in [4.69, 9.17) is 14.2 Å². The van der Waals surface area contributed by atoms with Gasteiger partial charge >= 0.3 is 0 Å². The van der Waals surface area contributed by atoms with Gasteiger partial charge in [-0.2, -0.15) is 0 Å². The van der Waals surface area contributed by atoms with Gasteiger partial charge in [0, 0.05) is 27.9 Å². The Kier molecular flexibility index (Phi) is 8.89. The highest BCUT2D eigenvalue weighted by Crippen LogP contribution is 2.37. The SMILES string of the molecule is COc1cccc(NC(=O)C(Sc2cccc(NC(=O)c3ccc(OC)c(OC)c3)c2)c2ccccc2)c1. The third kappa shape index (κ3) is 6.66. The average molecular weight is 529 g/mol. The van der Waals surface area contributed by atoms with Gasteiger partial charge in [0.2, 0.25) is 5.91 Å². The van der Waals surface area contributed by atoms with E-state index in [0.717, 1.165) is 10.5 Å². The first kappa shape index (κ1) is 26.6. The molecule has 0 radical (unpaired) electrons. The number of thioether (sulfide) groups is 1. The molecule has 0 spiro atoms. The van der Waals surface area contributed by atoms with Crippen LogP contribution in [0.2, 0.25) is 0 Å². The Labute approximate surface area is 226 Å². The molecule has 7 nitrogen and oxygen atoms in total. The van der Waals surface area contributed by atoms with Gasteiger partial charge in [-0.15, -0.1) is 11.8 Å². The summed E-state index contributed by atoms with van der Waals surface area (Å²) in [5.74, 6) is 1.21. The molecule has 2 N–H and O–H groups in total. The van der Waals surface area contributed by atoms with Crippen molar-refractivity contribution in [2.24, 2.45) is 0 Å². The molecular formula is C30H28N2O5S. The van der Waals surface area contributed by atoms with Crippen molar-refractivity contribution in [1.82, 2.24) is 0 Å². The number of hydrogen-bond donors (Lipinski definition) is 2. The summed E-state index contributed by atoms with van der Waals surface area (Å²) in [6.07, 6.45) is 0. The number of nitrogens with one attached hydrogen (secondary N) is 2. The topological polar surface area (TPSA) is 85.9 Å². The minimum absolute atomic E-state index is 0.172. The molecule has 0 bridgehead atoms. The molecule has 4 aromatic rings. The Morgan fingerprint density at radius 2 is 1.39 bits per heavy atom. The smallest absolute Gasteiger partial charge is 0.255 e. The summed E-state index contributed by atoms with van der Waals surface area (Å²) >= 11 is 1.40. The number of hydrogen-bond acceptors (Lipinski definition) is 6. The molecule has 8 heteroatoms. The molecule has 1 unspecified atom stereocenters. The first-order valence-electron chi connectivity index (χ1n) is 11.8. The molecule has 2 amide bonds. The molecule has 1 atom stereocenters. The fourth-order valence-corrected chi connectivity index (χ4v) is 4.86. The van der Waals surface area contributed by atoms with Crippen molar-refractivity contribution in [3.05, 3.63) is 108 Å². The number of ether oxygens (including phenoxy) is 3. The fourth-order valence-electron chi connectivity index (χ4n) is 3.77. The van der Waals surface area contributed by atoms with E-state index in [9.17, 15) is 9.59 Å². The predicted molar refractivity (Wildman–Crippen MR) is 151 cm³/mol. The molecule has 4 rings (SSSR count). The van der Waals surface area contributed by atoms with Crippen LogP contribution in [0.3, 0.4) is 0 Å². The average Bonchev–Trinajstić information content (AvgIpc) is 2.96. The highest BCUT2D eigenvalue weighted by molar-refractivity contribution is 8.00. The van der Waals surface area contributed by atoms with Crippen molar-refractivity contribution >= 4 is 35.0 Å². The van der Waals surface area contributed by atoms with Crippen LogP contribution >= 0.6 is 11.8 Å². The molecule has 0 saturated carbocycles. The molecule has 4 aromatic carbocycles. The van der Waals surface area contributed by atoms with Crippen LogP contribution in [0.4, 0.5) is 11.4 Å². The second-order valence-corrected chi connectivity index (χ2v) is 9.36. The number of rotatable bonds is 10. The monoisotopic (exact) mass is 528 g/mol. The number of anilines is 2. The van der Waals surface area contributed by atoms with E-state index in [1.165, 1.54) is 18.9 Å². The Morgan fingerprint density at radius 1 is 0.684 bits per heavy atom. The molecule has 194 valence electrons. The Hall–Kier alpha value is -4.43. The molecular weight excluding hydrogens is 500 g/mol. The Balaban J connectivity index is 1.53. The molecule has 0 heterocycles. The summed E-state index contributed by atoms with van der Waals surface area (Å²) in [7, 11) is 4.65. The zero-order chi connectivity index (χ0) is 26.9. The summed E-state index contributed by atoms with van der Waals surface area (Å²) < 4.78 is 15.8. The van der Waals surface area contributed by atoms with Crippen molar-refractivity contribution in [2.75, 3.05) is 32.0 Å². The number of benzene rings is 4. The van der Waals surface area contributed by atoms with Crippen LogP contribution in [-0.4, -0.2) is 33.1 Å². The number of carbonyl (C=O) groups excluding carboxylic acids is 2. The molecule has 0 aromatic heterocycles. The van der Waals surface area contributed by atoms with Gasteiger partial charge in [-0.1, -0.05) is 42.5 Å². The second kappa shape index (κ2) is 12.7. The number of amides is 2. The van der Waals surface area contributed by atoms with Crippen molar-refractivity contribution in [3.63, 3.8) is 0 Å². The fraction of sp³-hybridized carbons (Fsp3) is 0.133. The maximum Gasteiger partial charge on any atom is 0.255 e. The lowest BCUT2D eigenvalue weighted by molar-refractivity contribution is -0.115. The van der Waals surface area contributed by atoms with Crippen LogP contribution in [0.15, 0.2) is 102 Å². The summed E-state index contributed by atoms with van der Waals surface area (Å²) in [6.45, 7) is 0. The van der Waals surface area contributed by atoms with Gasteiger partial charge in [0.25, 0.3) is 5.91 Å². The molecule has 0 aliphatic carbocycles. The van der Waals surface area contributed by atoms with E-state index in [1.807, 2.05) is 66.7 Å². The van der Waals surface area contributed by atoms with Gasteiger partial charge in [-0.25, -0.2) is 0 Å². The van der Waals surface area contributed by atoms with Crippen molar-refractivity contribution in [2.45, 2.75) is 10.1 Å². The van der Waals surface area contributed by atoms with Crippen molar-refractivity contribution < 1.29 is 23.8 Å². The molecule has 0 saturated heterocycles. The summed E-state index contributed by atoms with van der Waals surface area (Å²) in [5.41, 5.74) is 2.54. The molecule has 0 aliphatic heterocycles. The molecule has 0 aliphatic rings. The lowest BCUT2D eigenvalue weighted by Gasteiger charge is -2.18. The summed E-state index contributed by atoms with van der Waals surface area (Å²) in [4.78, 5) is 27.1. The third-order valence-corrected chi connectivity index (χ3v) is 6.92. The van der Waals surface area contributed by atoms with E-state index in [0.29, 0.717) is 34.2 Å². The minimum atomic E-state index is -0.529. The minimum Gasteiger partial charge on any atom is -0.497 e. The highest BCUT2D eigenvalue weighted by atomic mass is 32.2. The predicted octanol–water partition coefficient (Wildman–Crippen LogP) is 6.44. The Bertz CT molecular complexity index is 1410. The van der Waals surface area contributed by atoms with E-state index in [2.05, 4.69) is 10.6 Å². The summed E-state index contributed by atoms with van der Waals surface area (Å²) in [6, 6.07) is 29.2. The van der Waals surface area contributed by atoms with E-state index in [1.54, 1.807) is 44.6 Å². The highest BCUT2D eigenvalue weighted by Gasteiger charge is 2.23. The molecule has 38 heavy (non-hydrogen) atoms. The maximum atomic E-state index is 13.4. The van der Waals surface area contributed by atoms with Crippen LogP contribution in [0, 0.1) is 0 Å². The van der Waals surface area contributed by atoms with Crippen molar-refractivity contribution in [1.29, 1.82) is 0 Å². The summed E-state index contributed by atoms with van der Waals surface area (Å²) in [5, 5.41) is 5.38. The van der Waals surface area contributed by atoms with Gasteiger partial charge in [0.1, 0.15) is 11.0 Å². The van der Waals surface area contributed by atoms with E-state index < -0.39 is 5.25 Å². The third-order valence-electron chi connectivity index (χ3n) is 5.67. The second-order valence-electron chi connectivity index (χ2n) is 8.18. The zero-order valence-electron chi connectivity index (χ0n) is 21.3. The normalized spacial score (nSPS) is 11.2. The number of methoxy groups -OCH3 is 3. The quantitative estimate of drug-likeness (QED) is 0.231. The maximum absolute atomic E-state index is 13.4.